The fraction of sp³-hybridized carbons (Fsp3) is 0.520. The smallest absolute Gasteiger partial charge is 0.396 e. The van der Waals surface area contributed by atoms with Crippen molar-refractivity contribution in [1.82, 2.24) is 29.2 Å². The van der Waals surface area contributed by atoms with Crippen LogP contribution in [0.3, 0.4) is 0 Å². The van der Waals surface area contributed by atoms with Crippen LogP contribution in [0.5, 0.6) is 5.88 Å². The summed E-state index contributed by atoms with van der Waals surface area (Å²) in [6.07, 6.45) is -2.98. The summed E-state index contributed by atoms with van der Waals surface area (Å²) in [5.74, 6) is -3.83. The largest absolute Gasteiger partial charge is 0.493 e. The summed E-state index contributed by atoms with van der Waals surface area (Å²) in [5.41, 5.74) is -0.373. The number of rotatable bonds is 5. The maximum atomic E-state index is 14.6. The Hall–Kier alpha value is -3.71. The zero-order valence-electron chi connectivity index (χ0n) is 20.8. The molecule has 2 aliphatic heterocycles. The third kappa shape index (κ3) is 5.69. The van der Waals surface area contributed by atoms with Gasteiger partial charge < -0.3 is 14.6 Å². The number of piperidine rings is 1. The number of carbonyl (C=O) groups is 1. The molecule has 3 aromatic rings. The lowest BCUT2D eigenvalue weighted by atomic mass is 9.89. The van der Waals surface area contributed by atoms with Crippen LogP contribution in [0.4, 0.5) is 22.0 Å². The quantitative estimate of drug-likeness (QED) is 0.467. The van der Waals surface area contributed by atoms with E-state index in [1.54, 1.807) is 4.90 Å². The molecule has 14 heteroatoms. The van der Waals surface area contributed by atoms with Crippen LogP contribution in [0.25, 0.3) is 0 Å². The van der Waals surface area contributed by atoms with Crippen molar-refractivity contribution in [2.24, 2.45) is 0 Å². The van der Waals surface area contributed by atoms with E-state index in [0.717, 1.165) is 6.07 Å². The second-order valence-corrected chi connectivity index (χ2v) is 10.2. The zero-order chi connectivity index (χ0) is 27.9. The number of benzene rings is 1. The van der Waals surface area contributed by atoms with Gasteiger partial charge in [0.15, 0.2) is 11.6 Å². The monoisotopic (exact) mass is 554 g/mol. The maximum absolute atomic E-state index is 14.6. The average molecular weight is 555 g/mol. The fourth-order valence-corrected chi connectivity index (χ4v) is 5.69. The molecule has 2 N–H and O–H groups in total. The standard InChI is InChI=1S/C25H27F5N6O3/c26-18-3-1-2-17(22(18)27)15-5-4-14(23-33-32-19(36(23)12-15)11-25(28,29)30)10-21(38)34-8-6-16(7-9-34)35-13-20(37)31-24(35)39/h1-3,13-16,37H,4-12H2,(H,31,39)/t14-,15+/m1/s1. The van der Waals surface area contributed by atoms with Crippen LogP contribution in [0.2, 0.25) is 0 Å². The third-order valence-corrected chi connectivity index (χ3v) is 7.63. The van der Waals surface area contributed by atoms with Crippen molar-refractivity contribution in [2.45, 2.75) is 69.1 Å². The Kier molecular flexibility index (Phi) is 7.21. The molecule has 210 valence electrons. The first-order valence-electron chi connectivity index (χ1n) is 12.7. The van der Waals surface area contributed by atoms with Gasteiger partial charge in [0.2, 0.25) is 11.8 Å². The summed E-state index contributed by atoms with van der Waals surface area (Å²) in [5, 5.41) is 17.3. The SMILES string of the molecule is O=C(C[C@H]1CC[C@H](c2cccc(F)c2F)Cn2c(CC(F)(F)F)nnc21)N1CCC(n2cc(O)[nH]c2=O)CC1. The molecule has 39 heavy (non-hydrogen) atoms. The molecule has 2 atom stereocenters. The zero-order valence-corrected chi connectivity index (χ0v) is 20.8. The number of hydrogen-bond donors (Lipinski definition) is 2. The summed E-state index contributed by atoms with van der Waals surface area (Å²) >= 11 is 0. The Morgan fingerprint density at radius 3 is 2.51 bits per heavy atom. The topological polar surface area (TPSA) is 109 Å². The summed E-state index contributed by atoms with van der Waals surface area (Å²) in [6.45, 7) is 0.651. The van der Waals surface area contributed by atoms with Crippen LogP contribution in [-0.2, 0) is 17.8 Å². The predicted molar refractivity (Wildman–Crippen MR) is 127 cm³/mol. The molecule has 1 amide bonds. The first-order valence-corrected chi connectivity index (χ1v) is 12.7. The molecule has 2 aromatic heterocycles. The minimum Gasteiger partial charge on any atom is -0.493 e. The summed E-state index contributed by atoms with van der Waals surface area (Å²) < 4.78 is 71.1. The molecule has 0 saturated carbocycles. The van der Waals surface area contributed by atoms with E-state index in [0.29, 0.717) is 38.8 Å². The number of H-pyrrole nitrogens is 1. The highest BCUT2D eigenvalue weighted by atomic mass is 19.4. The molecule has 2 aliphatic rings. The number of alkyl halides is 3. The van der Waals surface area contributed by atoms with Crippen molar-refractivity contribution < 1.29 is 31.9 Å². The van der Waals surface area contributed by atoms with Gasteiger partial charge >= 0.3 is 11.9 Å². The number of hydrogen-bond acceptors (Lipinski definition) is 5. The molecule has 0 radical (unpaired) electrons. The van der Waals surface area contributed by atoms with Gasteiger partial charge in [0.1, 0.15) is 18.1 Å². The number of fused-ring (bicyclic) bond motifs is 1. The Morgan fingerprint density at radius 2 is 1.85 bits per heavy atom. The minimum atomic E-state index is -4.55. The summed E-state index contributed by atoms with van der Waals surface area (Å²) in [6, 6.07) is 3.57. The van der Waals surface area contributed by atoms with E-state index in [2.05, 4.69) is 15.2 Å². The fourth-order valence-electron chi connectivity index (χ4n) is 5.69. The van der Waals surface area contributed by atoms with E-state index < -0.39 is 41.8 Å². The van der Waals surface area contributed by atoms with Crippen molar-refractivity contribution in [3.05, 3.63) is 63.7 Å². The van der Waals surface area contributed by atoms with Gasteiger partial charge in [0.25, 0.3) is 0 Å². The second kappa shape index (κ2) is 10.5. The number of nitrogens with one attached hydrogen (secondary N) is 1. The molecule has 9 nitrogen and oxygen atoms in total. The van der Waals surface area contributed by atoms with Crippen molar-refractivity contribution in [3.63, 3.8) is 0 Å². The van der Waals surface area contributed by atoms with Crippen LogP contribution in [0.1, 0.15) is 67.2 Å². The normalized spacial score (nSPS) is 20.6. The highest BCUT2D eigenvalue weighted by Crippen LogP contribution is 2.38. The number of aromatic nitrogens is 5. The van der Waals surface area contributed by atoms with E-state index in [1.807, 2.05) is 0 Å². The van der Waals surface area contributed by atoms with Gasteiger partial charge in [-0.25, -0.2) is 13.6 Å². The molecule has 0 bridgehead atoms. The molecule has 1 saturated heterocycles. The first kappa shape index (κ1) is 26.9. The Balaban J connectivity index is 1.34. The van der Waals surface area contributed by atoms with Crippen LogP contribution in [-0.4, -0.2) is 59.5 Å². The van der Waals surface area contributed by atoms with Crippen molar-refractivity contribution in [2.75, 3.05) is 13.1 Å². The first-order chi connectivity index (χ1) is 18.5. The van der Waals surface area contributed by atoms with Gasteiger partial charge in [-0.2, -0.15) is 13.2 Å². The molecule has 4 heterocycles. The highest BCUT2D eigenvalue weighted by Gasteiger charge is 2.37. The van der Waals surface area contributed by atoms with Crippen molar-refractivity contribution >= 4 is 5.91 Å². The lowest BCUT2D eigenvalue weighted by Gasteiger charge is -2.33. The van der Waals surface area contributed by atoms with Gasteiger partial charge in [0.05, 0.1) is 6.20 Å². The predicted octanol–water partition coefficient (Wildman–Crippen LogP) is 3.77. The summed E-state index contributed by atoms with van der Waals surface area (Å²) in [4.78, 5) is 29.2. The molecule has 0 unspecified atom stereocenters. The molecule has 0 spiro atoms. The maximum Gasteiger partial charge on any atom is 0.396 e. The number of aromatic hydroxyl groups is 1. The van der Waals surface area contributed by atoms with E-state index in [9.17, 15) is 36.6 Å². The van der Waals surface area contributed by atoms with E-state index in [1.165, 1.54) is 27.5 Å². The lowest BCUT2D eigenvalue weighted by molar-refractivity contribution is -0.133. The van der Waals surface area contributed by atoms with Crippen molar-refractivity contribution in [1.29, 1.82) is 0 Å². The van der Waals surface area contributed by atoms with Crippen LogP contribution in [0.15, 0.2) is 29.2 Å². The molecule has 1 fully saturated rings. The van der Waals surface area contributed by atoms with Crippen LogP contribution >= 0.6 is 0 Å². The molecular weight excluding hydrogens is 527 g/mol. The number of carbonyl (C=O) groups excluding carboxylic acids is 1. The Labute approximate surface area is 219 Å². The van der Waals surface area contributed by atoms with E-state index in [-0.39, 0.29) is 48.0 Å². The van der Waals surface area contributed by atoms with Crippen molar-refractivity contribution in [3.8, 4) is 5.88 Å². The van der Waals surface area contributed by atoms with Gasteiger partial charge in [-0.1, -0.05) is 12.1 Å². The number of halogens is 5. The Morgan fingerprint density at radius 1 is 1.10 bits per heavy atom. The van der Waals surface area contributed by atoms with Gasteiger partial charge in [0, 0.05) is 43.9 Å². The molecule has 5 rings (SSSR count). The van der Waals surface area contributed by atoms with E-state index in [4.69, 9.17) is 0 Å². The minimum absolute atomic E-state index is 0.0297. The van der Waals surface area contributed by atoms with Gasteiger partial charge in [-0.05, 0) is 37.3 Å². The number of amides is 1. The van der Waals surface area contributed by atoms with Crippen LogP contribution < -0.4 is 5.69 Å². The third-order valence-electron chi connectivity index (χ3n) is 7.63. The lowest BCUT2D eigenvalue weighted by Crippen LogP contribution is -2.40. The number of aromatic amines is 1. The average Bonchev–Trinajstić information content (AvgIpc) is 3.36. The Bertz CT molecular complexity index is 1410. The van der Waals surface area contributed by atoms with E-state index >= 15 is 0 Å². The second-order valence-electron chi connectivity index (χ2n) is 10.2. The highest BCUT2D eigenvalue weighted by molar-refractivity contribution is 5.77. The summed E-state index contributed by atoms with van der Waals surface area (Å²) in [7, 11) is 0. The van der Waals surface area contributed by atoms with Crippen LogP contribution in [0, 0.1) is 11.6 Å². The molecule has 1 aromatic carbocycles. The number of nitrogens with zero attached hydrogens (tertiary/aromatic N) is 5. The number of imidazole rings is 1. The van der Waals surface area contributed by atoms with Gasteiger partial charge in [-0.15, -0.1) is 10.2 Å². The van der Waals surface area contributed by atoms with Gasteiger partial charge in [-0.3, -0.25) is 14.3 Å². The molecule has 0 aliphatic carbocycles. The molecular formula is C25H27F5N6O3. The number of likely N-dealkylation sites (tertiary alicyclic amines) is 1.